The minimum atomic E-state index is 0.402. The van der Waals surface area contributed by atoms with Gasteiger partial charge in [0.25, 0.3) is 0 Å². The molecule has 2 aromatic rings. The van der Waals surface area contributed by atoms with Gasteiger partial charge in [-0.15, -0.1) is 0 Å². The van der Waals surface area contributed by atoms with Crippen LogP contribution in [0, 0.1) is 0 Å². The van der Waals surface area contributed by atoms with Gasteiger partial charge in [-0.25, -0.2) is 0 Å². The number of nitrogens with two attached hydrogens (primary N) is 1. The summed E-state index contributed by atoms with van der Waals surface area (Å²) in [6.07, 6.45) is 1.09. The zero-order valence-corrected chi connectivity index (χ0v) is 10.6. The topological polar surface area (TPSA) is 38.0 Å². The number of anilines is 2. The van der Waals surface area contributed by atoms with Crippen molar-refractivity contribution in [2.75, 3.05) is 11.1 Å². The van der Waals surface area contributed by atoms with Crippen LogP contribution in [0.25, 0.3) is 0 Å². The molecule has 2 heteroatoms. The van der Waals surface area contributed by atoms with Gasteiger partial charge in [0.05, 0.1) is 0 Å². The normalized spacial score (nSPS) is 22.1. The molecular weight excluding hydrogens is 220 g/mol. The molecule has 2 nitrogen and oxygen atoms in total. The largest absolute Gasteiger partial charge is 0.398 e. The van der Waals surface area contributed by atoms with E-state index in [1.54, 1.807) is 0 Å². The zero-order chi connectivity index (χ0) is 12.5. The standard InChI is InChI=1S/C16H18N2/c1-11-10-14(12-6-2-4-8-15(12)17)13-7-3-5-9-16(13)18-11/h2-9,11,14,18H,10,17H2,1H3/t11-,14-/m0/s1. The molecule has 0 radical (unpaired) electrons. The third-order valence-electron chi connectivity index (χ3n) is 3.70. The predicted octanol–water partition coefficient (Wildman–Crippen LogP) is 3.60. The highest BCUT2D eigenvalue weighted by atomic mass is 14.9. The lowest BCUT2D eigenvalue weighted by molar-refractivity contribution is 0.616. The Hall–Kier alpha value is -1.96. The van der Waals surface area contributed by atoms with Crippen molar-refractivity contribution in [3.63, 3.8) is 0 Å². The number of hydrogen-bond acceptors (Lipinski definition) is 2. The Kier molecular flexibility index (Phi) is 2.71. The summed E-state index contributed by atoms with van der Waals surface area (Å²) in [5.41, 5.74) is 10.9. The molecule has 0 fully saturated rings. The van der Waals surface area contributed by atoms with Crippen LogP contribution >= 0.6 is 0 Å². The molecule has 1 aliphatic heterocycles. The Morgan fingerprint density at radius 2 is 1.67 bits per heavy atom. The Morgan fingerprint density at radius 1 is 1.00 bits per heavy atom. The van der Waals surface area contributed by atoms with Gasteiger partial charge < -0.3 is 11.1 Å². The minimum Gasteiger partial charge on any atom is -0.398 e. The van der Waals surface area contributed by atoms with Crippen molar-refractivity contribution in [3.8, 4) is 0 Å². The molecule has 0 amide bonds. The van der Waals surface area contributed by atoms with Crippen LogP contribution < -0.4 is 11.1 Å². The lowest BCUT2D eigenvalue weighted by Crippen LogP contribution is -2.26. The van der Waals surface area contributed by atoms with Crippen molar-refractivity contribution in [2.24, 2.45) is 0 Å². The van der Waals surface area contributed by atoms with E-state index in [0.29, 0.717) is 12.0 Å². The van der Waals surface area contributed by atoms with Crippen LogP contribution in [0.2, 0.25) is 0 Å². The summed E-state index contributed by atoms with van der Waals surface area (Å²) in [5.74, 6) is 0.402. The number of benzene rings is 2. The van der Waals surface area contributed by atoms with Crippen molar-refractivity contribution in [1.82, 2.24) is 0 Å². The molecule has 3 N–H and O–H groups in total. The van der Waals surface area contributed by atoms with E-state index < -0.39 is 0 Å². The van der Waals surface area contributed by atoms with Crippen molar-refractivity contribution < 1.29 is 0 Å². The smallest absolute Gasteiger partial charge is 0.0381 e. The highest BCUT2D eigenvalue weighted by molar-refractivity contribution is 5.61. The highest BCUT2D eigenvalue weighted by Crippen LogP contribution is 2.40. The first-order valence-electron chi connectivity index (χ1n) is 6.45. The molecule has 92 valence electrons. The third-order valence-corrected chi connectivity index (χ3v) is 3.70. The zero-order valence-electron chi connectivity index (χ0n) is 10.6. The first kappa shape index (κ1) is 11.1. The van der Waals surface area contributed by atoms with Gasteiger partial charge in [0.15, 0.2) is 0 Å². The predicted molar refractivity (Wildman–Crippen MR) is 76.8 cm³/mol. The maximum atomic E-state index is 6.13. The molecular formula is C16H18N2. The summed E-state index contributed by atoms with van der Waals surface area (Å²) in [6, 6.07) is 17.2. The molecule has 0 saturated heterocycles. The van der Waals surface area contributed by atoms with Crippen molar-refractivity contribution in [3.05, 3.63) is 59.7 Å². The van der Waals surface area contributed by atoms with Gasteiger partial charge >= 0.3 is 0 Å². The fourth-order valence-corrected chi connectivity index (χ4v) is 2.86. The number of nitrogen functional groups attached to an aromatic ring is 1. The summed E-state index contributed by atoms with van der Waals surface area (Å²) in [7, 11) is 0. The first-order chi connectivity index (χ1) is 8.75. The van der Waals surface area contributed by atoms with E-state index in [2.05, 4.69) is 48.6 Å². The molecule has 0 saturated carbocycles. The summed E-state index contributed by atoms with van der Waals surface area (Å²) in [6.45, 7) is 2.22. The van der Waals surface area contributed by atoms with Gasteiger partial charge in [-0.05, 0) is 36.6 Å². The van der Waals surface area contributed by atoms with E-state index in [9.17, 15) is 0 Å². The van der Waals surface area contributed by atoms with Crippen LogP contribution in [0.5, 0.6) is 0 Å². The van der Waals surface area contributed by atoms with Crippen molar-refractivity contribution in [1.29, 1.82) is 0 Å². The average molecular weight is 238 g/mol. The summed E-state index contributed by atoms with van der Waals surface area (Å²) >= 11 is 0. The van der Waals surface area contributed by atoms with Gasteiger partial charge in [0, 0.05) is 23.3 Å². The molecule has 0 aliphatic carbocycles. The lowest BCUT2D eigenvalue weighted by Gasteiger charge is -2.32. The van der Waals surface area contributed by atoms with E-state index in [1.165, 1.54) is 16.8 Å². The quantitative estimate of drug-likeness (QED) is 0.745. The van der Waals surface area contributed by atoms with Crippen LogP contribution in [-0.2, 0) is 0 Å². The minimum absolute atomic E-state index is 0.402. The maximum Gasteiger partial charge on any atom is 0.0381 e. The van der Waals surface area contributed by atoms with Gasteiger partial charge in [-0.2, -0.15) is 0 Å². The second-order valence-electron chi connectivity index (χ2n) is 5.05. The van der Waals surface area contributed by atoms with E-state index in [1.807, 2.05) is 12.1 Å². The number of rotatable bonds is 1. The first-order valence-corrected chi connectivity index (χ1v) is 6.45. The molecule has 0 spiro atoms. The van der Waals surface area contributed by atoms with Gasteiger partial charge in [-0.3, -0.25) is 0 Å². The SMILES string of the molecule is C[C@H]1C[C@@H](c2ccccc2N)c2ccccc2N1. The molecule has 1 aliphatic rings. The third kappa shape index (κ3) is 1.84. The van der Waals surface area contributed by atoms with Crippen LogP contribution in [0.4, 0.5) is 11.4 Å². The van der Waals surface area contributed by atoms with Gasteiger partial charge in [-0.1, -0.05) is 36.4 Å². The van der Waals surface area contributed by atoms with E-state index in [4.69, 9.17) is 5.73 Å². The fraction of sp³-hybridized carbons (Fsp3) is 0.250. The Bertz CT molecular complexity index is 563. The number of hydrogen-bond donors (Lipinski definition) is 2. The summed E-state index contributed by atoms with van der Waals surface area (Å²) in [5, 5.41) is 3.54. The molecule has 18 heavy (non-hydrogen) atoms. The molecule has 0 aromatic heterocycles. The summed E-state index contributed by atoms with van der Waals surface area (Å²) in [4.78, 5) is 0. The molecule has 1 heterocycles. The fourth-order valence-electron chi connectivity index (χ4n) is 2.86. The second-order valence-corrected chi connectivity index (χ2v) is 5.05. The molecule has 2 aromatic carbocycles. The van der Waals surface area contributed by atoms with Crippen molar-refractivity contribution in [2.45, 2.75) is 25.3 Å². The van der Waals surface area contributed by atoms with Crippen LogP contribution in [0.1, 0.15) is 30.4 Å². The molecule has 2 atom stereocenters. The summed E-state index contributed by atoms with van der Waals surface area (Å²) < 4.78 is 0. The monoisotopic (exact) mass is 238 g/mol. The number of fused-ring (bicyclic) bond motifs is 1. The van der Waals surface area contributed by atoms with Crippen LogP contribution in [0.3, 0.4) is 0 Å². The maximum absolute atomic E-state index is 6.13. The average Bonchev–Trinajstić information content (AvgIpc) is 2.38. The van der Waals surface area contributed by atoms with E-state index >= 15 is 0 Å². The Labute approximate surface area is 108 Å². The lowest BCUT2D eigenvalue weighted by atomic mass is 9.82. The number of nitrogens with one attached hydrogen (secondary N) is 1. The Balaban J connectivity index is 2.11. The highest BCUT2D eigenvalue weighted by Gasteiger charge is 2.26. The Morgan fingerprint density at radius 3 is 2.44 bits per heavy atom. The molecule has 0 unspecified atom stereocenters. The molecule has 3 rings (SSSR count). The van der Waals surface area contributed by atoms with Crippen molar-refractivity contribution >= 4 is 11.4 Å². The van der Waals surface area contributed by atoms with Crippen LogP contribution in [-0.4, -0.2) is 6.04 Å². The van der Waals surface area contributed by atoms with E-state index in [-0.39, 0.29) is 0 Å². The van der Waals surface area contributed by atoms with Crippen LogP contribution in [0.15, 0.2) is 48.5 Å². The number of para-hydroxylation sites is 2. The molecule has 0 bridgehead atoms. The van der Waals surface area contributed by atoms with Gasteiger partial charge in [0.2, 0.25) is 0 Å². The van der Waals surface area contributed by atoms with Gasteiger partial charge in [0.1, 0.15) is 0 Å². The second kappa shape index (κ2) is 4.37. The van der Waals surface area contributed by atoms with E-state index in [0.717, 1.165) is 12.1 Å².